The minimum absolute atomic E-state index is 0.125. The van der Waals surface area contributed by atoms with Crippen LogP contribution in [0.15, 0.2) is 146 Å². The van der Waals surface area contributed by atoms with Crippen LogP contribution in [-0.2, 0) is 21.4 Å². The average Bonchev–Trinajstić information content (AvgIpc) is 3.73. The van der Waals surface area contributed by atoms with Crippen LogP contribution >= 0.6 is 0 Å². The number of methoxy groups -OCH3 is 1. The van der Waals surface area contributed by atoms with Gasteiger partial charge in [-0.25, -0.2) is 0 Å². The van der Waals surface area contributed by atoms with Gasteiger partial charge in [-0.3, -0.25) is 4.79 Å². The predicted octanol–water partition coefficient (Wildman–Crippen LogP) is 7.57. The van der Waals surface area contributed by atoms with Crippen molar-refractivity contribution < 1.29 is 14.3 Å². The molecule has 0 bridgehead atoms. The zero-order chi connectivity index (χ0) is 33.9. The molecule has 5 aromatic carbocycles. The van der Waals surface area contributed by atoms with Crippen molar-refractivity contribution in [1.29, 1.82) is 0 Å². The second-order valence-electron chi connectivity index (χ2n) is 12.7. The van der Waals surface area contributed by atoms with Crippen LogP contribution in [0.3, 0.4) is 0 Å². The highest BCUT2D eigenvalue weighted by atomic mass is 16.5. The van der Waals surface area contributed by atoms with Crippen molar-refractivity contribution in [3.05, 3.63) is 174 Å². The molecule has 1 aliphatic carbocycles. The summed E-state index contributed by atoms with van der Waals surface area (Å²) in [7, 11) is 1.66. The minimum Gasteiger partial charge on any atom is -0.497 e. The van der Waals surface area contributed by atoms with Gasteiger partial charge in [0.1, 0.15) is 11.4 Å². The van der Waals surface area contributed by atoms with E-state index in [-0.39, 0.29) is 5.78 Å². The zero-order valence-electron chi connectivity index (χ0n) is 28.0. The van der Waals surface area contributed by atoms with Crippen molar-refractivity contribution in [3.8, 4) is 11.4 Å². The molecule has 2 heterocycles. The Morgan fingerprint density at radius 3 is 1.94 bits per heavy atom. The molecule has 0 spiro atoms. The molecule has 1 fully saturated rings. The maximum absolute atomic E-state index is 15.9. The lowest BCUT2D eigenvalue weighted by Gasteiger charge is -2.34. The van der Waals surface area contributed by atoms with Gasteiger partial charge in [0.15, 0.2) is 11.6 Å². The monoisotopic (exact) mass is 658 g/mol. The van der Waals surface area contributed by atoms with Crippen LogP contribution in [0, 0.1) is 0 Å². The van der Waals surface area contributed by atoms with Gasteiger partial charge in [0.25, 0.3) is 0 Å². The smallest absolute Gasteiger partial charge is 0.160 e. The molecule has 0 unspecified atom stereocenters. The quantitative estimate of drug-likeness (QED) is 0.160. The van der Waals surface area contributed by atoms with Crippen LogP contribution in [0.25, 0.3) is 16.8 Å². The molecule has 1 aromatic heterocycles. The third-order valence-corrected chi connectivity index (χ3v) is 9.99. The Kier molecular flexibility index (Phi) is 8.57. The Balaban J connectivity index is 1.42. The fourth-order valence-corrected chi connectivity index (χ4v) is 7.72. The van der Waals surface area contributed by atoms with Gasteiger partial charge in [-0.2, -0.15) is 4.68 Å². The minimum atomic E-state index is -1.09. The number of Topliss-reactive ketones (excluding diaryl/α,β-unsaturated/α-hetero) is 1. The number of nitrogens with zero attached hydrogens (tertiary/aromatic N) is 4. The highest BCUT2D eigenvalue weighted by molar-refractivity contribution is 6.24. The van der Waals surface area contributed by atoms with Crippen molar-refractivity contribution >= 4 is 22.7 Å². The lowest BCUT2D eigenvalue weighted by atomic mass is 9.67. The maximum atomic E-state index is 15.9. The van der Waals surface area contributed by atoms with Gasteiger partial charge in [-0.05, 0) is 57.7 Å². The molecule has 2 aliphatic rings. The third-order valence-electron chi connectivity index (χ3n) is 9.99. The Labute approximate surface area is 292 Å². The van der Waals surface area contributed by atoms with Crippen molar-refractivity contribution in [2.75, 3.05) is 38.3 Å². The number of ketones is 1. The van der Waals surface area contributed by atoms with Gasteiger partial charge in [-0.1, -0.05) is 127 Å². The van der Waals surface area contributed by atoms with E-state index in [0.717, 1.165) is 56.3 Å². The summed E-state index contributed by atoms with van der Waals surface area (Å²) in [6.45, 7) is 2.57. The molecular formula is C43H38N4O3. The number of hydrogen-bond donors (Lipinski definition) is 0. The first-order chi connectivity index (χ1) is 24.7. The van der Waals surface area contributed by atoms with Crippen molar-refractivity contribution in [2.45, 2.75) is 17.8 Å². The molecule has 1 aliphatic heterocycles. The normalized spacial score (nSPS) is 19.2. The number of morpholine rings is 1. The van der Waals surface area contributed by atoms with Gasteiger partial charge in [0.05, 0.1) is 37.3 Å². The molecule has 50 heavy (non-hydrogen) atoms. The molecular weight excluding hydrogens is 620 g/mol. The molecule has 0 amide bonds. The standard InChI is InChI=1S/C43H38N4O3/c1-49-36-24-22-35(23-25-36)47-42(46-26-28-50-29-27-46)37(44-45-47)30-43(34-20-12-5-13-21-34)40(33-18-10-4-11-19-33)38(31-14-6-2-7-15-31)39(41(43)48)32-16-8-3-9-17-32/h2-25,39H,26-30H2,1H3/t39-,43+/m1/s1. The summed E-state index contributed by atoms with van der Waals surface area (Å²) in [5.41, 5.74) is 6.50. The number of benzene rings is 5. The van der Waals surface area contributed by atoms with E-state index in [0.29, 0.717) is 32.7 Å². The lowest BCUT2D eigenvalue weighted by molar-refractivity contribution is -0.122. The molecule has 0 N–H and O–H groups in total. The topological polar surface area (TPSA) is 69.5 Å². The fraction of sp³-hybridized carbons (Fsp3) is 0.186. The predicted molar refractivity (Wildman–Crippen MR) is 197 cm³/mol. The van der Waals surface area contributed by atoms with E-state index in [9.17, 15) is 0 Å². The summed E-state index contributed by atoms with van der Waals surface area (Å²) in [6.07, 6.45) is 0.322. The van der Waals surface area contributed by atoms with E-state index >= 15 is 4.79 Å². The maximum Gasteiger partial charge on any atom is 0.160 e. The average molecular weight is 659 g/mol. The molecule has 7 nitrogen and oxygen atoms in total. The van der Waals surface area contributed by atoms with Crippen molar-refractivity contribution in [3.63, 3.8) is 0 Å². The van der Waals surface area contributed by atoms with Gasteiger partial charge in [-0.15, -0.1) is 5.10 Å². The Bertz CT molecular complexity index is 2110. The summed E-state index contributed by atoms with van der Waals surface area (Å²) < 4.78 is 13.1. The van der Waals surface area contributed by atoms with E-state index in [1.54, 1.807) is 7.11 Å². The van der Waals surface area contributed by atoms with E-state index in [1.807, 2.05) is 77.5 Å². The molecule has 7 heteroatoms. The van der Waals surface area contributed by atoms with Crippen molar-refractivity contribution in [1.82, 2.24) is 15.0 Å². The molecule has 2 atom stereocenters. The summed E-state index contributed by atoms with van der Waals surface area (Å²) in [4.78, 5) is 18.2. The number of allylic oxidation sites excluding steroid dienone is 2. The molecule has 1 saturated heterocycles. The lowest BCUT2D eigenvalue weighted by Crippen LogP contribution is -2.41. The first-order valence-corrected chi connectivity index (χ1v) is 17.1. The van der Waals surface area contributed by atoms with Crippen LogP contribution in [0.1, 0.15) is 33.9 Å². The van der Waals surface area contributed by atoms with Gasteiger partial charge >= 0.3 is 0 Å². The van der Waals surface area contributed by atoms with Gasteiger partial charge < -0.3 is 14.4 Å². The number of hydrogen-bond acceptors (Lipinski definition) is 6. The number of rotatable bonds is 9. The second-order valence-corrected chi connectivity index (χ2v) is 12.7. The highest BCUT2D eigenvalue weighted by Gasteiger charge is 2.56. The van der Waals surface area contributed by atoms with Crippen LogP contribution < -0.4 is 9.64 Å². The van der Waals surface area contributed by atoms with Crippen molar-refractivity contribution in [2.24, 2.45) is 0 Å². The fourth-order valence-electron chi connectivity index (χ4n) is 7.72. The third kappa shape index (κ3) is 5.50. The van der Waals surface area contributed by atoms with Gasteiger partial charge in [0, 0.05) is 19.5 Å². The number of carbonyl (C=O) groups is 1. The molecule has 6 aromatic rings. The Morgan fingerprint density at radius 1 is 0.740 bits per heavy atom. The second kappa shape index (κ2) is 13.6. The van der Waals surface area contributed by atoms with Crippen LogP contribution in [0.5, 0.6) is 5.75 Å². The molecule has 0 radical (unpaired) electrons. The number of anilines is 1. The first kappa shape index (κ1) is 31.5. The van der Waals surface area contributed by atoms with Crippen LogP contribution in [0.2, 0.25) is 0 Å². The summed E-state index contributed by atoms with van der Waals surface area (Å²) in [5.74, 6) is 1.26. The molecule has 248 valence electrons. The van der Waals surface area contributed by atoms with E-state index in [1.165, 1.54) is 0 Å². The first-order valence-electron chi connectivity index (χ1n) is 17.1. The summed E-state index contributed by atoms with van der Waals surface area (Å²) in [5, 5.41) is 9.70. The van der Waals surface area contributed by atoms with Gasteiger partial charge in [0.2, 0.25) is 0 Å². The summed E-state index contributed by atoms with van der Waals surface area (Å²) in [6, 6.07) is 49.1. The molecule has 0 saturated carbocycles. The summed E-state index contributed by atoms with van der Waals surface area (Å²) >= 11 is 0. The number of ether oxygens (including phenoxy) is 2. The van der Waals surface area contributed by atoms with E-state index in [2.05, 4.69) is 77.7 Å². The van der Waals surface area contributed by atoms with E-state index in [4.69, 9.17) is 19.8 Å². The van der Waals surface area contributed by atoms with Crippen LogP contribution in [-0.4, -0.2) is 54.2 Å². The highest BCUT2D eigenvalue weighted by Crippen LogP contribution is 2.58. The van der Waals surface area contributed by atoms with E-state index < -0.39 is 11.3 Å². The Hall–Kier alpha value is -5.79. The largest absolute Gasteiger partial charge is 0.497 e. The SMILES string of the molecule is COc1ccc(-n2nnc(C[C@@]3(c4ccccc4)C(=O)[C@H](c4ccccc4)C(c4ccccc4)=C3c3ccccc3)c2N2CCOCC2)cc1. The van der Waals surface area contributed by atoms with Crippen LogP contribution in [0.4, 0.5) is 5.82 Å². The number of aromatic nitrogens is 3. The Morgan fingerprint density at radius 2 is 1.32 bits per heavy atom. The zero-order valence-corrected chi connectivity index (χ0v) is 28.0. The number of carbonyl (C=O) groups excluding carboxylic acids is 1. The molecule has 8 rings (SSSR count).